The zero-order valence-corrected chi connectivity index (χ0v) is 10.2. The summed E-state index contributed by atoms with van der Waals surface area (Å²) in [5.74, 6) is 0. The lowest BCUT2D eigenvalue weighted by atomic mass is 10.1. The van der Waals surface area contributed by atoms with Crippen LogP contribution in [0.1, 0.15) is 30.0 Å². The van der Waals surface area contributed by atoms with Crippen molar-refractivity contribution in [3.8, 4) is 0 Å². The minimum Gasteiger partial charge on any atom is -0.322 e. The Morgan fingerprint density at radius 2 is 2.38 bits per heavy atom. The predicted octanol–water partition coefficient (Wildman–Crippen LogP) is 1.08. The van der Waals surface area contributed by atoms with Crippen molar-refractivity contribution in [2.45, 2.75) is 25.8 Å². The van der Waals surface area contributed by atoms with E-state index in [1.165, 1.54) is 11.7 Å². The van der Waals surface area contributed by atoms with Gasteiger partial charge in [-0.1, -0.05) is 6.92 Å². The number of aromatic nitrogens is 4. The van der Waals surface area contributed by atoms with Crippen LogP contribution in [0.25, 0.3) is 0 Å². The second kappa shape index (κ2) is 4.71. The molecule has 0 spiro atoms. The molecule has 2 N–H and O–H groups in total. The van der Waals surface area contributed by atoms with Crippen LogP contribution < -0.4 is 5.73 Å². The Bertz CT molecular complexity index is 448. The van der Waals surface area contributed by atoms with Gasteiger partial charge in [-0.2, -0.15) is 13.8 Å². The molecule has 0 aromatic carbocycles. The Kier molecular flexibility index (Phi) is 3.31. The molecule has 0 bridgehead atoms. The third kappa shape index (κ3) is 2.28. The molecule has 0 saturated carbocycles. The minimum absolute atomic E-state index is 0.0983. The molecule has 2 rings (SSSR count). The van der Waals surface area contributed by atoms with Crippen LogP contribution in [-0.2, 0) is 19.9 Å². The van der Waals surface area contributed by atoms with E-state index in [-0.39, 0.29) is 6.04 Å². The third-order valence-corrected chi connectivity index (χ3v) is 3.07. The van der Waals surface area contributed by atoms with Crippen LogP contribution in [0.3, 0.4) is 0 Å². The summed E-state index contributed by atoms with van der Waals surface area (Å²) in [6.07, 6.45) is 3.42. The van der Waals surface area contributed by atoms with Crippen molar-refractivity contribution in [1.82, 2.24) is 18.5 Å². The molecule has 0 saturated heterocycles. The predicted molar refractivity (Wildman–Crippen MR) is 63.1 cm³/mol. The molecular weight excluding hydrogens is 222 g/mol. The van der Waals surface area contributed by atoms with Crippen LogP contribution in [-0.4, -0.2) is 18.5 Å². The first-order valence-corrected chi connectivity index (χ1v) is 5.98. The van der Waals surface area contributed by atoms with E-state index in [4.69, 9.17) is 5.73 Å². The Labute approximate surface area is 98.6 Å². The normalized spacial score (nSPS) is 12.9. The summed E-state index contributed by atoms with van der Waals surface area (Å²) >= 11 is 1.19. The Balaban J connectivity index is 2.11. The zero-order chi connectivity index (χ0) is 11.5. The fourth-order valence-electron chi connectivity index (χ4n) is 1.60. The molecule has 6 heteroatoms. The highest BCUT2D eigenvalue weighted by molar-refractivity contribution is 6.99. The van der Waals surface area contributed by atoms with Gasteiger partial charge in [-0.15, -0.1) is 0 Å². The molecule has 16 heavy (non-hydrogen) atoms. The lowest BCUT2D eigenvalue weighted by Crippen LogP contribution is -2.15. The molecule has 1 unspecified atom stereocenters. The molecule has 5 nitrogen and oxygen atoms in total. The van der Waals surface area contributed by atoms with Crippen LogP contribution in [0, 0.1) is 0 Å². The van der Waals surface area contributed by atoms with Crippen molar-refractivity contribution in [3.63, 3.8) is 0 Å². The van der Waals surface area contributed by atoms with Crippen molar-refractivity contribution in [2.24, 2.45) is 12.8 Å². The molecule has 1 atom stereocenters. The summed E-state index contributed by atoms with van der Waals surface area (Å²) < 4.78 is 9.99. The molecule has 0 amide bonds. The van der Waals surface area contributed by atoms with Crippen molar-refractivity contribution >= 4 is 11.7 Å². The number of aryl methyl sites for hydroxylation is 2. The quantitative estimate of drug-likeness (QED) is 0.863. The van der Waals surface area contributed by atoms with Gasteiger partial charge in [0, 0.05) is 19.2 Å². The highest BCUT2D eigenvalue weighted by atomic mass is 32.1. The van der Waals surface area contributed by atoms with Gasteiger partial charge in [0.25, 0.3) is 0 Å². The van der Waals surface area contributed by atoms with E-state index in [1.807, 2.05) is 11.7 Å². The maximum absolute atomic E-state index is 6.05. The molecule has 0 aliphatic carbocycles. The van der Waals surface area contributed by atoms with Crippen LogP contribution in [0.2, 0.25) is 0 Å². The van der Waals surface area contributed by atoms with Crippen molar-refractivity contribution in [3.05, 3.63) is 29.3 Å². The Morgan fingerprint density at radius 1 is 1.56 bits per heavy atom. The number of hydrogen-bond donors (Lipinski definition) is 1. The van der Waals surface area contributed by atoms with Gasteiger partial charge in [-0.25, -0.2) is 0 Å². The molecule has 2 heterocycles. The second-order valence-corrected chi connectivity index (χ2v) is 4.30. The fourth-order valence-corrected chi connectivity index (χ4v) is 2.08. The van der Waals surface area contributed by atoms with E-state index in [0.29, 0.717) is 0 Å². The molecule has 2 aromatic rings. The van der Waals surface area contributed by atoms with Crippen molar-refractivity contribution in [1.29, 1.82) is 0 Å². The first-order chi connectivity index (χ1) is 7.70. The van der Waals surface area contributed by atoms with Gasteiger partial charge in [0.2, 0.25) is 0 Å². The van der Waals surface area contributed by atoms with E-state index in [2.05, 4.69) is 26.8 Å². The standard InChI is InChI=1S/C10H15N5S/c1-3-7-4-8(15(2)13-7)5-9(11)10-6-12-16-14-10/h4,6,9H,3,5,11H2,1-2H3. The highest BCUT2D eigenvalue weighted by Crippen LogP contribution is 2.15. The van der Waals surface area contributed by atoms with E-state index in [9.17, 15) is 0 Å². The van der Waals surface area contributed by atoms with Crippen molar-refractivity contribution in [2.75, 3.05) is 0 Å². The topological polar surface area (TPSA) is 69.6 Å². The largest absolute Gasteiger partial charge is 0.322 e. The number of rotatable bonds is 4. The summed E-state index contributed by atoms with van der Waals surface area (Å²) in [6.45, 7) is 2.09. The van der Waals surface area contributed by atoms with Gasteiger partial charge in [-0.3, -0.25) is 4.68 Å². The molecular formula is C10H15N5S. The summed E-state index contributed by atoms with van der Waals surface area (Å²) in [4.78, 5) is 0. The highest BCUT2D eigenvalue weighted by Gasteiger charge is 2.13. The first kappa shape index (κ1) is 11.2. The maximum atomic E-state index is 6.05. The summed E-state index contributed by atoms with van der Waals surface area (Å²) in [5.41, 5.74) is 9.14. The van der Waals surface area contributed by atoms with Gasteiger partial charge < -0.3 is 5.73 Å². The molecule has 0 aliphatic heterocycles. The molecule has 86 valence electrons. The van der Waals surface area contributed by atoms with E-state index < -0.39 is 0 Å². The lowest BCUT2D eigenvalue weighted by molar-refractivity contribution is 0.630. The SMILES string of the molecule is CCc1cc(CC(N)c2cnsn2)n(C)n1. The van der Waals surface area contributed by atoms with Gasteiger partial charge in [0.1, 0.15) is 0 Å². The average Bonchev–Trinajstić information content (AvgIpc) is 2.88. The minimum atomic E-state index is -0.0983. The molecule has 0 aliphatic rings. The van der Waals surface area contributed by atoms with E-state index >= 15 is 0 Å². The smallest absolute Gasteiger partial charge is 0.0914 e. The van der Waals surface area contributed by atoms with Gasteiger partial charge >= 0.3 is 0 Å². The summed E-state index contributed by atoms with van der Waals surface area (Å²) in [5, 5.41) is 4.39. The van der Waals surface area contributed by atoms with E-state index in [1.54, 1.807) is 6.20 Å². The van der Waals surface area contributed by atoms with Crippen molar-refractivity contribution < 1.29 is 0 Å². The summed E-state index contributed by atoms with van der Waals surface area (Å²) in [7, 11) is 1.94. The number of nitrogens with zero attached hydrogens (tertiary/aromatic N) is 4. The monoisotopic (exact) mass is 237 g/mol. The van der Waals surface area contributed by atoms with Crippen LogP contribution in [0.15, 0.2) is 12.3 Å². The van der Waals surface area contributed by atoms with Crippen LogP contribution in [0.5, 0.6) is 0 Å². The lowest BCUT2D eigenvalue weighted by Gasteiger charge is -2.07. The van der Waals surface area contributed by atoms with E-state index in [0.717, 1.165) is 29.9 Å². The molecule has 0 fully saturated rings. The van der Waals surface area contributed by atoms with Gasteiger partial charge in [-0.05, 0) is 12.5 Å². The van der Waals surface area contributed by atoms with Gasteiger partial charge in [0.15, 0.2) is 0 Å². The second-order valence-electron chi connectivity index (χ2n) is 3.75. The third-order valence-electron chi connectivity index (χ3n) is 2.58. The Morgan fingerprint density at radius 3 is 2.94 bits per heavy atom. The van der Waals surface area contributed by atoms with Crippen LogP contribution >= 0.6 is 11.7 Å². The first-order valence-electron chi connectivity index (χ1n) is 5.25. The number of hydrogen-bond acceptors (Lipinski definition) is 5. The molecule has 0 radical (unpaired) electrons. The van der Waals surface area contributed by atoms with Crippen LogP contribution in [0.4, 0.5) is 0 Å². The Hall–Kier alpha value is -1.27. The summed E-state index contributed by atoms with van der Waals surface area (Å²) in [6, 6.07) is 2.00. The maximum Gasteiger partial charge on any atom is 0.0914 e. The zero-order valence-electron chi connectivity index (χ0n) is 9.42. The average molecular weight is 237 g/mol. The van der Waals surface area contributed by atoms with Gasteiger partial charge in [0.05, 0.1) is 35.4 Å². The fraction of sp³-hybridized carbons (Fsp3) is 0.500. The number of nitrogens with two attached hydrogens (primary N) is 1. The molecule has 2 aromatic heterocycles.